The molecule has 0 spiro atoms. The van der Waals surface area contributed by atoms with E-state index in [1.165, 1.54) is 16.0 Å². The highest BCUT2D eigenvalue weighted by molar-refractivity contribution is 6.03. The van der Waals surface area contributed by atoms with E-state index in [0.717, 1.165) is 19.3 Å². The molecule has 1 atom stereocenters. The van der Waals surface area contributed by atoms with Gasteiger partial charge in [-0.15, -0.1) is 13.2 Å². The van der Waals surface area contributed by atoms with Gasteiger partial charge in [0.05, 0.1) is 5.56 Å². The highest BCUT2D eigenvalue weighted by Gasteiger charge is 2.62. The van der Waals surface area contributed by atoms with Crippen LogP contribution >= 0.6 is 0 Å². The lowest BCUT2D eigenvalue weighted by atomic mass is 9.72. The summed E-state index contributed by atoms with van der Waals surface area (Å²) in [6.07, 6.45) is 6.63. The lowest BCUT2D eigenvalue weighted by molar-refractivity contribution is -0.190. The third-order valence-electron chi connectivity index (χ3n) is 7.87. The maximum absolute atomic E-state index is 13.2. The van der Waals surface area contributed by atoms with E-state index in [1.807, 2.05) is 13.8 Å². The van der Waals surface area contributed by atoms with Crippen molar-refractivity contribution in [2.45, 2.75) is 59.1 Å². The zero-order chi connectivity index (χ0) is 30.5. The average molecular weight is 576 g/mol. The molecule has 1 heterocycles. The number of unbranched alkanes of at least 4 members (excludes halogenated alkanes) is 1. The zero-order valence-corrected chi connectivity index (χ0v) is 25.3. The number of hydrogen-bond donors (Lipinski definition) is 1. The van der Waals surface area contributed by atoms with Crippen molar-refractivity contribution in [2.75, 3.05) is 32.8 Å². The maximum Gasteiger partial charge on any atom is 0.338 e. The molecule has 42 heavy (non-hydrogen) atoms. The van der Waals surface area contributed by atoms with E-state index in [0.29, 0.717) is 50.3 Å². The minimum absolute atomic E-state index is 0.225. The molecule has 1 N–H and O–H groups in total. The summed E-state index contributed by atoms with van der Waals surface area (Å²) in [5.74, 6) is -0.191. The number of β-lactam (4-membered cyclic amide) rings is 1. The number of carbonyl (C=O) groups is 3. The number of nitrogens with one attached hydrogen (secondary N) is 1. The smallest absolute Gasteiger partial charge is 0.338 e. The van der Waals surface area contributed by atoms with E-state index in [1.54, 1.807) is 36.4 Å². The Kier molecular flexibility index (Phi) is 12.4. The number of amides is 3. The third-order valence-corrected chi connectivity index (χ3v) is 7.87. The van der Waals surface area contributed by atoms with Gasteiger partial charge in [-0.2, -0.15) is 0 Å². The fourth-order valence-corrected chi connectivity index (χ4v) is 5.16. The van der Waals surface area contributed by atoms with Gasteiger partial charge in [0, 0.05) is 26.2 Å². The van der Waals surface area contributed by atoms with Crippen LogP contribution in [0.1, 0.15) is 61.0 Å². The zero-order valence-electron chi connectivity index (χ0n) is 25.3. The monoisotopic (exact) mass is 575 g/mol. The highest BCUT2D eigenvalue weighted by atomic mass is 16.5. The van der Waals surface area contributed by atoms with Gasteiger partial charge < -0.3 is 14.8 Å². The Morgan fingerprint density at radius 1 is 1.00 bits per heavy atom. The summed E-state index contributed by atoms with van der Waals surface area (Å²) in [7, 11) is 0. The fraction of sp³-hybridized carbons (Fsp3) is 0.441. The van der Waals surface area contributed by atoms with E-state index >= 15 is 0 Å². The van der Waals surface area contributed by atoms with E-state index in [2.05, 4.69) is 54.6 Å². The quantitative estimate of drug-likeness (QED) is 0.109. The molecule has 1 aliphatic rings. The van der Waals surface area contributed by atoms with Gasteiger partial charge in [-0.05, 0) is 68.9 Å². The van der Waals surface area contributed by atoms with Gasteiger partial charge in [-0.3, -0.25) is 9.69 Å². The number of benzene rings is 2. The Balaban J connectivity index is 1.54. The molecule has 0 unspecified atom stereocenters. The first kappa shape index (κ1) is 32.6. The average Bonchev–Trinajstić information content (AvgIpc) is 2.99. The molecule has 2 aromatic carbocycles. The lowest BCUT2D eigenvalue weighted by Gasteiger charge is -2.53. The van der Waals surface area contributed by atoms with Crippen LogP contribution in [0.2, 0.25) is 0 Å². The minimum Gasteiger partial charge on any atom is -0.469 e. The van der Waals surface area contributed by atoms with Crippen LogP contribution in [-0.2, 0) is 16.0 Å². The third kappa shape index (κ3) is 8.10. The maximum atomic E-state index is 13.2. The van der Waals surface area contributed by atoms with Crippen LogP contribution in [0.25, 0.3) is 0 Å². The van der Waals surface area contributed by atoms with Crippen LogP contribution in [0, 0.1) is 12.3 Å². The molecular formula is C34H45N3O5. The first-order valence-corrected chi connectivity index (χ1v) is 14.8. The van der Waals surface area contributed by atoms with Crippen LogP contribution in [0.5, 0.6) is 5.75 Å². The molecule has 0 saturated carbocycles. The SMILES string of the molecule is C=CCN(CC=C)CCOC(=O)c1ccc(O[C@@H]2N(C(=O)NCCCCc3ccc(C)cc3)C(=O)C2(CC)CC)cc1. The van der Waals surface area contributed by atoms with Gasteiger partial charge >= 0.3 is 12.0 Å². The van der Waals surface area contributed by atoms with E-state index < -0.39 is 23.6 Å². The molecule has 0 aromatic heterocycles. The summed E-state index contributed by atoms with van der Waals surface area (Å²) >= 11 is 0. The van der Waals surface area contributed by atoms with Crippen molar-refractivity contribution >= 4 is 17.9 Å². The Morgan fingerprint density at radius 2 is 1.64 bits per heavy atom. The molecule has 226 valence electrons. The van der Waals surface area contributed by atoms with Gasteiger partial charge in [0.1, 0.15) is 17.8 Å². The van der Waals surface area contributed by atoms with Gasteiger partial charge in [0.2, 0.25) is 5.91 Å². The summed E-state index contributed by atoms with van der Waals surface area (Å²) in [6.45, 7) is 16.1. The number of likely N-dealkylation sites (tertiary alicyclic amines) is 1. The number of ether oxygens (including phenoxy) is 2. The number of esters is 1. The fourth-order valence-electron chi connectivity index (χ4n) is 5.16. The van der Waals surface area contributed by atoms with Crippen molar-refractivity contribution in [3.8, 4) is 5.75 Å². The van der Waals surface area contributed by atoms with Crippen LogP contribution in [0.3, 0.4) is 0 Å². The van der Waals surface area contributed by atoms with Gasteiger partial charge in [-0.25, -0.2) is 14.5 Å². The number of aryl methyl sites for hydroxylation is 2. The largest absolute Gasteiger partial charge is 0.469 e. The van der Waals surface area contributed by atoms with E-state index in [-0.39, 0.29) is 12.5 Å². The van der Waals surface area contributed by atoms with Crippen molar-refractivity contribution in [1.82, 2.24) is 15.1 Å². The van der Waals surface area contributed by atoms with Crippen molar-refractivity contribution in [2.24, 2.45) is 5.41 Å². The molecule has 1 fully saturated rings. The van der Waals surface area contributed by atoms with Crippen molar-refractivity contribution < 1.29 is 23.9 Å². The Hall–Kier alpha value is -3.91. The Labute approximate surface area is 250 Å². The molecular weight excluding hydrogens is 530 g/mol. The van der Waals surface area contributed by atoms with Crippen molar-refractivity contribution in [3.05, 3.63) is 90.5 Å². The van der Waals surface area contributed by atoms with Crippen LogP contribution < -0.4 is 10.1 Å². The number of imide groups is 1. The van der Waals surface area contributed by atoms with Crippen LogP contribution in [0.4, 0.5) is 4.79 Å². The van der Waals surface area contributed by atoms with Gasteiger partial charge in [0.15, 0.2) is 6.23 Å². The second-order valence-electron chi connectivity index (χ2n) is 10.7. The normalized spacial score (nSPS) is 15.6. The number of urea groups is 1. The standard InChI is InChI=1S/C34H45N3O5/c1-6-22-36(23-7-2)24-25-41-30(38)28-17-19-29(20-18-28)42-32-34(8-3,9-4)31(39)37(32)33(40)35-21-11-10-12-27-15-13-26(5)14-16-27/h6-7,13-20,32H,1-2,8-12,21-25H2,3-5H3,(H,35,40)/t32-/m0/s1. The summed E-state index contributed by atoms with van der Waals surface area (Å²) < 4.78 is 11.6. The molecule has 3 amide bonds. The molecule has 8 heteroatoms. The molecule has 1 aliphatic heterocycles. The number of nitrogens with zero attached hydrogens (tertiary/aromatic N) is 2. The van der Waals surface area contributed by atoms with E-state index in [4.69, 9.17) is 9.47 Å². The molecule has 0 radical (unpaired) electrons. The first-order valence-electron chi connectivity index (χ1n) is 14.8. The highest BCUT2D eigenvalue weighted by Crippen LogP contribution is 2.46. The topological polar surface area (TPSA) is 88.2 Å². The summed E-state index contributed by atoms with van der Waals surface area (Å²) in [5, 5.41) is 2.89. The number of hydrogen-bond acceptors (Lipinski definition) is 6. The number of carbonyl (C=O) groups excluding carboxylic acids is 3. The molecule has 8 nitrogen and oxygen atoms in total. The first-order chi connectivity index (χ1) is 20.3. The Morgan fingerprint density at radius 3 is 2.24 bits per heavy atom. The van der Waals surface area contributed by atoms with Crippen LogP contribution in [-0.4, -0.2) is 66.7 Å². The number of rotatable bonds is 17. The molecule has 1 saturated heterocycles. The van der Waals surface area contributed by atoms with Crippen molar-refractivity contribution in [1.29, 1.82) is 0 Å². The lowest BCUT2D eigenvalue weighted by Crippen LogP contribution is -2.73. The summed E-state index contributed by atoms with van der Waals surface area (Å²) in [4.78, 5) is 42.0. The second kappa shape index (κ2) is 15.9. The summed E-state index contributed by atoms with van der Waals surface area (Å²) in [5.41, 5.74) is 2.12. The molecule has 0 aliphatic carbocycles. The van der Waals surface area contributed by atoms with E-state index in [9.17, 15) is 14.4 Å². The molecule has 3 rings (SSSR count). The Bertz CT molecular complexity index is 1190. The summed E-state index contributed by atoms with van der Waals surface area (Å²) in [6, 6.07) is 14.6. The van der Waals surface area contributed by atoms with Crippen LogP contribution in [0.15, 0.2) is 73.8 Å². The van der Waals surface area contributed by atoms with Gasteiger partial charge in [0.25, 0.3) is 0 Å². The molecule has 0 bridgehead atoms. The van der Waals surface area contributed by atoms with Gasteiger partial charge in [-0.1, -0.05) is 55.8 Å². The predicted molar refractivity (Wildman–Crippen MR) is 165 cm³/mol. The predicted octanol–water partition coefficient (Wildman–Crippen LogP) is 5.91. The minimum atomic E-state index is -0.775. The van der Waals surface area contributed by atoms with Crippen molar-refractivity contribution in [3.63, 3.8) is 0 Å². The second-order valence-corrected chi connectivity index (χ2v) is 10.7. The molecule has 2 aromatic rings.